The lowest BCUT2D eigenvalue weighted by atomic mass is 10.3. The highest BCUT2D eigenvalue weighted by Gasteiger charge is 2.29. The fourth-order valence-electron chi connectivity index (χ4n) is 1.83. The van der Waals surface area contributed by atoms with Crippen LogP contribution in [-0.2, 0) is 11.3 Å². The summed E-state index contributed by atoms with van der Waals surface area (Å²) >= 11 is 1.72. The number of carbonyl (C=O) groups is 1. The van der Waals surface area contributed by atoms with Crippen LogP contribution in [0.3, 0.4) is 0 Å². The van der Waals surface area contributed by atoms with Crippen LogP contribution in [0.1, 0.15) is 51.3 Å². The average Bonchev–Trinajstić information content (AvgIpc) is 3.05. The molecule has 0 aliphatic heterocycles. The van der Waals surface area contributed by atoms with E-state index in [9.17, 15) is 4.79 Å². The molecule has 0 radical (unpaired) electrons. The number of carbonyl (C=O) groups excluding carboxylic acids is 1. The molecule has 0 amide bonds. The maximum absolute atomic E-state index is 10.8. The van der Waals surface area contributed by atoms with Gasteiger partial charge in [0.05, 0.1) is 0 Å². The van der Waals surface area contributed by atoms with Crippen molar-refractivity contribution < 1.29 is 4.79 Å². The van der Waals surface area contributed by atoms with Gasteiger partial charge in [0.25, 0.3) is 0 Å². The standard InChI is InChI=1S/C12H19N3OS/c1-3-15-11(10-6-7-10)13-14-12(15)17-8-4-5-9(2)16/h10H,3-8H2,1-2H3. The summed E-state index contributed by atoms with van der Waals surface area (Å²) < 4.78 is 2.22. The highest BCUT2D eigenvalue weighted by atomic mass is 32.2. The maximum atomic E-state index is 10.8. The van der Waals surface area contributed by atoms with Crippen LogP contribution >= 0.6 is 11.8 Å². The number of Topliss-reactive ketones (excluding diaryl/α,β-unsaturated/α-hetero) is 1. The first-order chi connectivity index (χ1) is 8.22. The van der Waals surface area contributed by atoms with E-state index in [1.807, 2.05) is 0 Å². The maximum Gasteiger partial charge on any atom is 0.191 e. The van der Waals surface area contributed by atoms with Gasteiger partial charge in [0.2, 0.25) is 0 Å². The van der Waals surface area contributed by atoms with Gasteiger partial charge >= 0.3 is 0 Å². The molecule has 0 bridgehead atoms. The number of rotatable bonds is 7. The molecule has 1 fully saturated rings. The summed E-state index contributed by atoms with van der Waals surface area (Å²) in [4.78, 5) is 10.8. The first-order valence-electron chi connectivity index (χ1n) is 6.27. The minimum absolute atomic E-state index is 0.265. The number of ketones is 1. The molecule has 1 saturated carbocycles. The van der Waals surface area contributed by atoms with Gasteiger partial charge in [-0.25, -0.2) is 0 Å². The van der Waals surface area contributed by atoms with Crippen LogP contribution in [0.25, 0.3) is 0 Å². The van der Waals surface area contributed by atoms with E-state index >= 15 is 0 Å². The highest BCUT2D eigenvalue weighted by molar-refractivity contribution is 7.99. The Labute approximate surface area is 106 Å². The second kappa shape index (κ2) is 5.67. The van der Waals surface area contributed by atoms with E-state index in [1.54, 1.807) is 18.7 Å². The van der Waals surface area contributed by atoms with Crippen LogP contribution in [-0.4, -0.2) is 26.3 Å². The van der Waals surface area contributed by atoms with Crippen molar-refractivity contribution in [2.24, 2.45) is 0 Å². The molecule has 1 aromatic heterocycles. The monoisotopic (exact) mass is 253 g/mol. The Kier molecular flexibility index (Phi) is 4.20. The first-order valence-corrected chi connectivity index (χ1v) is 7.26. The fourth-order valence-corrected chi connectivity index (χ4v) is 2.78. The summed E-state index contributed by atoms with van der Waals surface area (Å²) in [7, 11) is 0. The summed E-state index contributed by atoms with van der Waals surface area (Å²) in [6, 6.07) is 0. The highest BCUT2D eigenvalue weighted by Crippen LogP contribution is 2.39. The number of aromatic nitrogens is 3. The Balaban J connectivity index is 1.89. The van der Waals surface area contributed by atoms with Crippen molar-refractivity contribution in [3.05, 3.63) is 5.82 Å². The molecular formula is C12H19N3OS. The van der Waals surface area contributed by atoms with E-state index in [4.69, 9.17) is 0 Å². The largest absolute Gasteiger partial charge is 0.306 e. The molecule has 0 saturated heterocycles. The Bertz CT molecular complexity index is 398. The summed E-state index contributed by atoms with van der Waals surface area (Å²) in [6.07, 6.45) is 4.11. The van der Waals surface area contributed by atoms with Crippen molar-refractivity contribution in [2.45, 2.75) is 57.1 Å². The lowest BCUT2D eigenvalue weighted by molar-refractivity contribution is -0.117. The second-order valence-electron chi connectivity index (χ2n) is 4.51. The lowest BCUT2D eigenvalue weighted by Crippen LogP contribution is -2.02. The number of thioether (sulfide) groups is 1. The molecule has 1 aromatic rings. The predicted octanol–water partition coefficient (Wildman–Crippen LogP) is 2.64. The third-order valence-electron chi connectivity index (χ3n) is 2.91. The van der Waals surface area contributed by atoms with Gasteiger partial charge in [0.15, 0.2) is 5.16 Å². The molecule has 1 aliphatic rings. The molecule has 94 valence electrons. The fraction of sp³-hybridized carbons (Fsp3) is 0.750. The molecule has 4 nitrogen and oxygen atoms in total. The average molecular weight is 253 g/mol. The molecule has 0 N–H and O–H groups in total. The normalized spacial score (nSPS) is 15.2. The van der Waals surface area contributed by atoms with Crippen molar-refractivity contribution in [3.8, 4) is 0 Å². The Hall–Kier alpha value is -0.840. The number of hydrogen-bond donors (Lipinski definition) is 0. The van der Waals surface area contributed by atoms with Crippen molar-refractivity contribution in [1.82, 2.24) is 14.8 Å². The van der Waals surface area contributed by atoms with Crippen molar-refractivity contribution in [1.29, 1.82) is 0 Å². The van der Waals surface area contributed by atoms with Gasteiger partial charge in [-0.05, 0) is 33.1 Å². The van der Waals surface area contributed by atoms with Crippen molar-refractivity contribution in [3.63, 3.8) is 0 Å². The van der Waals surface area contributed by atoms with Crippen LogP contribution in [0.5, 0.6) is 0 Å². The quantitative estimate of drug-likeness (QED) is 0.553. The van der Waals surface area contributed by atoms with Crippen molar-refractivity contribution >= 4 is 17.5 Å². The van der Waals surface area contributed by atoms with Crippen LogP contribution in [0, 0.1) is 0 Å². The van der Waals surface area contributed by atoms with E-state index < -0.39 is 0 Å². The number of nitrogens with zero attached hydrogens (tertiary/aromatic N) is 3. The second-order valence-corrected chi connectivity index (χ2v) is 5.58. The summed E-state index contributed by atoms with van der Waals surface area (Å²) in [6.45, 7) is 4.72. The molecule has 0 unspecified atom stereocenters. The topological polar surface area (TPSA) is 47.8 Å². The summed E-state index contributed by atoms with van der Waals surface area (Å²) in [5, 5.41) is 9.56. The molecule has 17 heavy (non-hydrogen) atoms. The lowest BCUT2D eigenvalue weighted by Gasteiger charge is -2.05. The zero-order chi connectivity index (χ0) is 12.3. The van der Waals surface area contributed by atoms with Gasteiger partial charge in [-0.1, -0.05) is 11.8 Å². The van der Waals surface area contributed by atoms with Crippen LogP contribution in [0.15, 0.2) is 5.16 Å². The Morgan fingerprint density at radius 2 is 2.24 bits per heavy atom. The molecular weight excluding hydrogens is 234 g/mol. The SMILES string of the molecule is CCn1c(SCCCC(C)=O)nnc1C1CC1. The van der Waals surface area contributed by atoms with Gasteiger partial charge in [0, 0.05) is 24.6 Å². The Morgan fingerprint density at radius 1 is 1.47 bits per heavy atom. The molecule has 2 rings (SSSR count). The summed E-state index contributed by atoms with van der Waals surface area (Å²) in [5.74, 6) is 3.01. The summed E-state index contributed by atoms with van der Waals surface area (Å²) in [5.41, 5.74) is 0. The third-order valence-corrected chi connectivity index (χ3v) is 3.96. The zero-order valence-electron chi connectivity index (χ0n) is 10.5. The van der Waals surface area contributed by atoms with E-state index in [0.717, 1.165) is 29.7 Å². The third kappa shape index (κ3) is 3.31. The van der Waals surface area contributed by atoms with Crippen LogP contribution in [0.2, 0.25) is 0 Å². The van der Waals surface area contributed by atoms with E-state index in [0.29, 0.717) is 12.3 Å². The van der Waals surface area contributed by atoms with Gasteiger partial charge in [-0.2, -0.15) is 0 Å². The molecule has 1 heterocycles. The smallest absolute Gasteiger partial charge is 0.191 e. The van der Waals surface area contributed by atoms with Gasteiger partial charge in [-0.15, -0.1) is 10.2 Å². The van der Waals surface area contributed by atoms with E-state index in [1.165, 1.54) is 12.8 Å². The first kappa shape index (κ1) is 12.6. The van der Waals surface area contributed by atoms with E-state index in [2.05, 4.69) is 21.7 Å². The minimum Gasteiger partial charge on any atom is -0.306 e. The van der Waals surface area contributed by atoms with Crippen LogP contribution < -0.4 is 0 Å². The Morgan fingerprint density at radius 3 is 2.82 bits per heavy atom. The molecule has 1 aliphatic carbocycles. The molecule has 0 spiro atoms. The molecule has 0 atom stereocenters. The van der Waals surface area contributed by atoms with Gasteiger partial charge in [0.1, 0.15) is 11.6 Å². The zero-order valence-corrected chi connectivity index (χ0v) is 11.3. The number of hydrogen-bond acceptors (Lipinski definition) is 4. The van der Waals surface area contributed by atoms with Gasteiger partial charge < -0.3 is 9.36 Å². The van der Waals surface area contributed by atoms with Crippen molar-refractivity contribution in [2.75, 3.05) is 5.75 Å². The molecule has 0 aromatic carbocycles. The predicted molar refractivity (Wildman–Crippen MR) is 68.3 cm³/mol. The minimum atomic E-state index is 0.265. The molecule has 5 heteroatoms. The van der Waals surface area contributed by atoms with Crippen LogP contribution in [0.4, 0.5) is 0 Å². The van der Waals surface area contributed by atoms with E-state index in [-0.39, 0.29) is 5.78 Å². The van der Waals surface area contributed by atoms with Gasteiger partial charge in [-0.3, -0.25) is 0 Å².